The van der Waals surface area contributed by atoms with Crippen molar-refractivity contribution in [3.63, 3.8) is 0 Å². The van der Waals surface area contributed by atoms with E-state index >= 15 is 0 Å². The fourth-order valence-corrected chi connectivity index (χ4v) is 2.31. The highest BCUT2D eigenvalue weighted by Gasteiger charge is 2.32. The predicted molar refractivity (Wildman–Crippen MR) is 68.4 cm³/mol. The second-order valence-electron chi connectivity index (χ2n) is 4.28. The largest absolute Gasteiger partial charge is 0.394 e. The van der Waals surface area contributed by atoms with E-state index in [1.54, 1.807) is 0 Å². The minimum absolute atomic E-state index is 0.00976. The van der Waals surface area contributed by atoms with E-state index in [0.717, 1.165) is 11.3 Å². The van der Waals surface area contributed by atoms with Crippen LogP contribution >= 0.6 is 0 Å². The van der Waals surface area contributed by atoms with Crippen LogP contribution in [0.5, 0.6) is 0 Å². The molecule has 0 spiro atoms. The van der Waals surface area contributed by atoms with Gasteiger partial charge in [0.25, 0.3) is 0 Å². The second kappa shape index (κ2) is 5.84. The molecule has 1 aromatic rings. The molecule has 98 valence electrons. The van der Waals surface area contributed by atoms with Crippen LogP contribution in [-0.4, -0.2) is 43.4 Å². The molecule has 0 aliphatic carbocycles. The van der Waals surface area contributed by atoms with Crippen molar-refractivity contribution < 1.29 is 14.6 Å². The molecule has 5 heteroatoms. The number of fused-ring (bicyclic) bond motifs is 1. The van der Waals surface area contributed by atoms with Gasteiger partial charge in [-0.1, -0.05) is 18.2 Å². The maximum Gasteiger partial charge on any atom is 0.240 e. The highest BCUT2D eigenvalue weighted by Crippen LogP contribution is 2.31. The van der Waals surface area contributed by atoms with Gasteiger partial charge in [0.05, 0.1) is 19.8 Å². The molecule has 1 amide bonds. The third kappa shape index (κ3) is 2.63. The number of aliphatic hydroxyl groups is 1. The Bertz CT molecular complexity index is 422. The van der Waals surface area contributed by atoms with Crippen LogP contribution in [-0.2, 0) is 16.0 Å². The summed E-state index contributed by atoms with van der Waals surface area (Å²) in [4.78, 5) is 13.5. The van der Waals surface area contributed by atoms with E-state index in [2.05, 4.69) is 0 Å². The van der Waals surface area contributed by atoms with Crippen molar-refractivity contribution in [2.45, 2.75) is 12.5 Å². The molecule has 18 heavy (non-hydrogen) atoms. The van der Waals surface area contributed by atoms with Crippen LogP contribution in [0.2, 0.25) is 0 Å². The van der Waals surface area contributed by atoms with Crippen LogP contribution in [0.3, 0.4) is 0 Å². The van der Waals surface area contributed by atoms with Gasteiger partial charge in [0.15, 0.2) is 0 Å². The number of benzene rings is 1. The standard InChI is InChI=1S/C13H18N2O3/c14-13(17)12-9-10-3-1-2-4-11(10)15(12)5-7-18-8-6-16/h1-4,12,16H,5-9H2,(H2,14,17)/t12-/m0/s1. The Morgan fingerprint density at radius 2 is 2.22 bits per heavy atom. The summed E-state index contributed by atoms with van der Waals surface area (Å²) in [5.41, 5.74) is 7.63. The zero-order chi connectivity index (χ0) is 13.0. The van der Waals surface area contributed by atoms with Crippen molar-refractivity contribution >= 4 is 11.6 Å². The second-order valence-corrected chi connectivity index (χ2v) is 4.28. The lowest BCUT2D eigenvalue weighted by Crippen LogP contribution is -2.44. The van der Waals surface area contributed by atoms with E-state index in [9.17, 15) is 4.79 Å². The number of carbonyl (C=O) groups is 1. The number of para-hydroxylation sites is 1. The van der Waals surface area contributed by atoms with Gasteiger partial charge in [-0.3, -0.25) is 4.79 Å². The van der Waals surface area contributed by atoms with Gasteiger partial charge in [0.2, 0.25) is 5.91 Å². The minimum atomic E-state index is -0.312. The molecule has 5 nitrogen and oxygen atoms in total. The monoisotopic (exact) mass is 250 g/mol. The molecular formula is C13H18N2O3. The Balaban J connectivity index is 2.06. The molecule has 0 aromatic heterocycles. The van der Waals surface area contributed by atoms with E-state index in [4.69, 9.17) is 15.6 Å². The van der Waals surface area contributed by atoms with Gasteiger partial charge in [-0.2, -0.15) is 0 Å². The van der Waals surface area contributed by atoms with E-state index in [1.807, 2.05) is 29.2 Å². The molecule has 1 heterocycles. The van der Waals surface area contributed by atoms with E-state index in [-0.39, 0.29) is 18.6 Å². The Hall–Kier alpha value is -1.59. The van der Waals surface area contributed by atoms with Gasteiger partial charge in [0, 0.05) is 18.7 Å². The molecule has 2 rings (SSSR count). The van der Waals surface area contributed by atoms with Gasteiger partial charge < -0.3 is 20.5 Å². The third-order valence-corrected chi connectivity index (χ3v) is 3.13. The molecule has 1 atom stereocenters. The first kappa shape index (κ1) is 12.9. The molecule has 0 fully saturated rings. The fraction of sp³-hybridized carbons (Fsp3) is 0.462. The smallest absolute Gasteiger partial charge is 0.240 e. The molecule has 0 saturated heterocycles. The Morgan fingerprint density at radius 1 is 1.44 bits per heavy atom. The molecule has 0 saturated carbocycles. The van der Waals surface area contributed by atoms with Crippen molar-refractivity contribution in [3.8, 4) is 0 Å². The van der Waals surface area contributed by atoms with Crippen LogP contribution < -0.4 is 10.6 Å². The first-order valence-electron chi connectivity index (χ1n) is 6.06. The quantitative estimate of drug-likeness (QED) is 0.692. The number of nitrogens with zero attached hydrogens (tertiary/aromatic N) is 1. The number of nitrogens with two attached hydrogens (primary N) is 1. The number of anilines is 1. The zero-order valence-electron chi connectivity index (χ0n) is 10.2. The molecule has 0 bridgehead atoms. The van der Waals surface area contributed by atoms with Crippen molar-refractivity contribution in [2.75, 3.05) is 31.3 Å². The highest BCUT2D eigenvalue weighted by atomic mass is 16.5. The molecule has 1 aliphatic rings. The lowest BCUT2D eigenvalue weighted by molar-refractivity contribution is -0.119. The van der Waals surface area contributed by atoms with Crippen molar-refractivity contribution in [3.05, 3.63) is 29.8 Å². The van der Waals surface area contributed by atoms with Crippen LogP contribution in [0.4, 0.5) is 5.69 Å². The molecule has 0 radical (unpaired) electrons. The number of aliphatic hydroxyl groups excluding tert-OH is 1. The number of hydrogen-bond acceptors (Lipinski definition) is 4. The first-order valence-corrected chi connectivity index (χ1v) is 6.06. The minimum Gasteiger partial charge on any atom is -0.394 e. The van der Waals surface area contributed by atoms with Crippen LogP contribution in [0.15, 0.2) is 24.3 Å². The van der Waals surface area contributed by atoms with Gasteiger partial charge in [-0.15, -0.1) is 0 Å². The molecule has 0 unspecified atom stereocenters. The number of amides is 1. The summed E-state index contributed by atoms with van der Waals surface area (Å²) < 4.78 is 5.24. The highest BCUT2D eigenvalue weighted by molar-refractivity contribution is 5.86. The predicted octanol–water partition coefficient (Wildman–Crippen LogP) is -0.0881. The van der Waals surface area contributed by atoms with Gasteiger partial charge >= 0.3 is 0 Å². The summed E-state index contributed by atoms with van der Waals surface area (Å²) in [6.45, 7) is 1.40. The Kier molecular flexibility index (Phi) is 4.17. The van der Waals surface area contributed by atoms with Crippen molar-refractivity contribution in [1.29, 1.82) is 0 Å². The van der Waals surface area contributed by atoms with Crippen molar-refractivity contribution in [1.82, 2.24) is 0 Å². The lowest BCUT2D eigenvalue weighted by Gasteiger charge is -2.25. The summed E-state index contributed by atoms with van der Waals surface area (Å²) in [7, 11) is 0. The van der Waals surface area contributed by atoms with E-state index in [0.29, 0.717) is 26.2 Å². The number of ether oxygens (including phenoxy) is 1. The summed E-state index contributed by atoms with van der Waals surface area (Å²) in [6.07, 6.45) is 0.658. The van der Waals surface area contributed by atoms with Crippen LogP contribution in [0.1, 0.15) is 5.56 Å². The zero-order valence-corrected chi connectivity index (χ0v) is 10.2. The topological polar surface area (TPSA) is 75.8 Å². The summed E-state index contributed by atoms with van der Waals surface area (Å²) >= 11 is 0. The molecular weight excluding hydrogens is 232 g/mol. The number of carbonyl (C=O) groups excluding carboxylic acids is 1. The van der Waals surface area contributed by atoms with Crippen LogP contribution in [0.25, 0.3) is 0 Å². The molecule has 3 N–H and O–H groups in total. The SMILES string of the molecule is NC(=O)[C@@H]1Cc2ccccc2N1CCOCCO. The lowest BCUT2D eigenvalue weighted by atomic mass is 10.1. The maximum atomic E-state index is 11.5. The fourth-order valence-electron chi connectivity index (χ4n) is 2.31. The van der Waals surface area contributed by atoms with Crippen LogP contribution in [0, 0.1) is 0 Å². The summed E-state index contributed by atoms with van der Waals surface area (Å²) in [5, 5.41) is 8.64. The molecule has 1 aromatic carbocycles. The third-order valence-electron chi connectivity index (χ3n) is 3.13. The summed E-state index contributed by atoms with van der Waals surface area (Å²) in [6, 6.07) is 7.62. The number of primary amides is 1. The van der Waals surface area contributed by atoms with Gasteiger partial charge in [0.1, 0.15) is 6.04 Å². The normalized spacial score (nSPS) is 17.8. The average molecular weight is 250 g/mol. The Labute approximate surface area is 106 Å². The Morgan fingerprint density at radius 3 is 2.94 bits per heavy atom. The maximum absolute atomic E-state index is 11.5. The van der Waals surface area contributed by atoms with Crippen molar-refractivity contribution in [2.24, 2.45) is 5.73 Å². The summed E-state index contributed by atoms with van der Waals surface area (Å²) in [5.74, 6) is -0.312. The van der Waals surface area contributed by atoms with Gasteiger partial charge in [-0.05, 0) is 11.6 Å². The average Bonchev–Trinajstić information content (AvgIpc) is 2.74. The first-order chi connectivity index (χ1) is 8.74. The molecule has 1 aliphatic heterocycles. The number of hydrogen-bond donors (Lipinski definition) is 2. The van der Waals surface area contributed by atoms with E-state index < -0.39 is 0 Å². The van der Waals surface area contributed by atoms with Gasteiger partial charge in [-0.25, -0.2) is 0 Å². The number of rotatable bonds is 6. The van der Waals surface area contributed by atoms with E-state index in [1.165, 1.54) is 0 Å².